The molecule has 0 spiro atoms. The lowest BCUT2D eigenvalue weighted by Gasteiger charge is -2.36. The van der Waals surface area contributed by atoms with Gasteiger partial charge in [-0.15, -0.1) is 11.3 Å². The standard InChI is InChI=1S/C22H26N4O3S/c1-14-12-26(13-15(2)28-14)20-7-6-17(10-23-20)11-24-21(27)9-18-16(3)29-22(25-18)19-5-4-8-30-19/h4-8,10,14-15H,9,11-13H2,1-3H3,(H,24,27). The summed E-state index contributed by atoms with van der Waals surface area (Å²) in [6.45, 7) is 8.08. The number of carbonyl (C=O) groups is 1. The first-order chi connectivity index (χ1) is 14.5. The Bertz CT molecular complexity index is 974. The summed E-state index contributed by atoms with van der Waals surface area (Å²) in [5, 5.41) is 4.91. The Morgan fingerprint density at radius 1 is 1.27 bits per heavy atom. The number of ether oxygens (including phenoxy) is 1. The highest BCUT2D eigenvalue weighted by Gasteiger charge is 2.23. The molecular weight excluding hydrogens is 400 g/mol. The molecule has 4 rings (SSSR count). The molecule has 30 heavy (non-hydrogen) atoms. The molecule has 1 aliphatic heterocycles. The van der Waals surface area contributed by atoms with Crippen LogP contribution in [0.15, 0.2) is 40.3 Å². The Kier molecular flexibility index (Phi) is 6.15. The Balaban J connectivity index is 1.31. The van der Waals surface area contributed by atoms with Gasteiger partial charge < -0.3 is 19.4 Å². The fraction of sp³-hybridized carbons (Fsp3) is 0.409. The van der Waals surface area contributed by atoms with Crippen molar-refractivity contribution >= 4 is 23.1 Å². The van der Waals surface area contributed by atoms with Crippen LogP contribution in [0, 0.1) is 6.92 Å². The maximum absolute atomic E-state index is 12.4. The van der Waals surface area contributed by atoms with Crippen molar-refractivity contribution in [3.8, 4) is 10.8 Å². The molecule has 1 aliphatic rings. The maximum atomic E-state index is 12.4. The molecule has 8 heteroatoms. The molecule has 1 N–H and O–H groups in total. The van der Waals surface area contributed by atoms with E-state index in [0.717, 1.165) is 29.3 Å². The number of nitrogens with zero attached hydrogens (tertiary/aromatic N) is 3. The van der Waals surface area contributed by atoms with E-state index in [-0.39, 0.29) is 24.5 Å². The van der Waals surface area contributed by atoms with Crippen LogP contribution in [0.4, 0.5) is 5.82 Å². The minimum atomic E-state index is -0.0935. The normalized spacial score (nSPS) is 19.1. The third kappa shape index (κ3) is 4.88. The number of anilines is 1. The second-order valence-electron chi connectivity index (χ2n) is 7.64. The molecule has 0 radical (unpaired) electrons. The number of thiophene rings is 1. The third-order valence-corrected chi connectivity index (χ3v) is 5.85. The van der Waals surface area contributed by atoms with Crippen LogP contribution in [0.1, 0.15) is 30.9 Å². The van der Waals surface area contributed by atoms with Crippen LogP contribution in [0.5, 0.6) is 0 Å². The Morgan fingerprint density at radius 2 is 2.07 bits per heavy atom. The van der Waals surface area contributed by atoms with Crippen LogP contribution in [0.2, 0.25) is 0 Å². The van der Waals surface area contributed by atoms with Gasteiger partial charge in [0.1, 0.15) is 11.6 Å². The highest BCUT2D eigenvalue weighted by atomic mass is 32.1. The number of amides is 1. The number of hydrogen-bond donors (Lipinski definition) is 1. The molecule has 0 saturated carbocycles. The minimum Gasteiger partial charge on any atom is -0.440 e. The fourth-order valence-electron chi connectivity index (χ4n) is 3.59. The first-order valence-corrected chi connectivity index (χ1v) is 11.0. The van der Waals surface area contributed by atoms with Crippen molar-refractivity contribution in [2.75, 3.05) is 18.0 Å². The second kappa shape index (κ2) is 8.97. The van der Waals surface area contributed by atoms with Gasteiger partial charge in [-0.05, 0) is 43.8 Å². The summed E-state index contributed by atoms with van der Waals surface area (Å²) in [6.07, 6.45) is 2.39. The van der Waals surface area contributed by atoms with Crippen LogP contribution in [0.25, 0.3) is 10.8 Å². The van der Waals surface area contributed by atoms with E-state index in [1.807, 2.05) is 42.8 Å². The van der Waals surface area contributed by atoms with Crippen molar-refractivity contribution in [2.45, 2.75) is 45.9 Å². The van der Waals surface area contributed by atoms with Gasteiger partial charge in [-0.3, -0.25) is 4.79 Å². The van der Waals surface area contributed by atoms with Gasteiger partial charge >= 0.3 is 0 Å². The molecule has 158 valence electrons. The van der Waals surface area contributed by atoms with Gasteiger partial charge in [-0.2, -0.15) is 0 Å². The van der Waals surface area contributed by atoms with Crippen molar-refractivity contribution < 1.29 is 13.9 Å². The molecule has 1 saturated heterocycles. The molecule has 2 atom stereocenters. The fourth-order valence-corrected chi connectivity index (χ4v) is 4.24. The first-order valence-electron chi connectivity index (χ1n) is 10.1. The quantitative estimate of drug-likeness (QED) is 0.649. The average molecular weight is 427 g/mol. The van der Waals surface area contributed by atoms with Crippen molar-refractivity contribution in [2.24, 2.45) is 0 Å². The zero-order chi connectivity index (χ0) is 21.1. The Morgan fingerprint density at radius 3 is 2.73 bits per heavy atom. The van der Waals surface area contributed by atoms with Crippen molar-refractivity contribution in [1.29, 1.82) is 0 Å². The lowest BCUT2D eigenvalue weighted by Crippen LogP contribution is -2.45. The zero-order valence-electron chi connectivity index (χ0n) is 17.4. The number of oxazole rings is 1. The van der Waals surface area contributed by atoms with E-state index in [1.165, 1.54) is 0 Å². The van der Waals surface area contributed by atoms with Gasteiger partial charge in [0.2, 0.25) is 11.8 Å². The smallest absolute Gasteiger partial charge is 0.236 e. The predicted molar refractivity (Wildman–Crippen MR) is 117 cm³/mol. The molecular formula is C22H26N4O3S. The lowest BCUT2D eigenvalue weighted by molar-refractivity contribution is -0.120. The number of aryl methyl sites for hydroxylation is 1. The van der Waals surface area contributed by atoms with Gasteiger partial charge in [-0.25, -0.2) is 9.97 Å². The van der Waals surface area contributed by atoms with Crippen molar-refractivity contribution in [1.82, 2.24) is 15.3 Å². The predicted octanol–water partition coefficient (Wildman–Crippen LogP) is 3.58. The molecule has 7 nitrogen and oxygen atoms in total. The van der Waals surface area contributed by atoms with Crippen LogP contribution in [-0.4, -0.2) is 41.2 Å². The monoisotopic (exact) mass is 426 g/mol. The molecule has 2 unspecified atom stereocenters. The van der Waals surface area contributed by atoms with E-state index in [1.54, 1.807) is 11.3 Å². The Hall–Kier alpha value is -2.71. The summed E-state index contributed by atoms with van der Waals surface area (Å²) >= 11 is 1.56. The lowest BCUT2D eigenvalue weighted by atomic mass is 10.2. The van der Waals surface area contributed by atoms with E-state index in [0.29, 0.717) is 23.9 Å². The van der Waals surface area contributed by atoms with Gasteiger partial charge in [0.05, 0.1) is 29.2 Å². The molecule has 1 fully saturated rings. The van der Waals surface area contributed by atoms with Crippen LogP contribution < -0.4 is 10.2 Å². The summed E-state index contributed by atoms with van der Waals surface area (Å²) in [6, 6.07) is 7.91. The molecule has 1 amide bonds. The zero-order valence-corrected chi connectivity index (χ0v) is 18.2. The molecule has 3 aromatic heterocycles. The molecule has 3 aromatic rings. The largest absolute Gasteiger partial charge is 0.440 e. The highest BCUT2D eigenvalue weighted by Crippen LogP contribution is 2.26. The van der Waals surface area contributed by atoms with Crippen molar-refractivity contribution in [3.63, 3.8) is 0 Å². The van der Waals surface area contributed by atoms with E-state index in [9.17, 15) is 4.79 Å². The number of morpholine rings is 1. The van der Waals surface area contributed by atoms with Gasteiger partial charge in [0.25, 0.3) is 0 Å². The number of rotatable bonds is 6. The van der Waals surface area contributed by atoms with Gasteiger partial charge in [0, 0.05) is 25.8 Å². The number of carbonyl (C=O) groups excluding carboxylic acids is 1. The van der Waals surface area contributed by atoms with E-state index >= 15 is 0 Å². The van der Waals surface area contributed by atoms with Crippen LogP contribution >= 0.6 is 11.3 Å². The molecule has 0 bridgehead atoms. The third-order valence-electron chi connectivity index (χ3n) is 5.00. The molecule has 4 heterocycles. The first kappa shape index (κ1) is 20.6. The number of nitrogens with one attached hydrogen (secondary N) is 1. The highest BCUT2D eigenvalue weighted by molar-refractivity contribution is 7.13. The van der Waals surface area contributed by atoms with Gasteiger partial charge in [-0.1, -0.05) is 12.1 Å². The van der Waals surface area contributed by atoms with Gasteiger partial charge in [0.15, 0.2) is 0 Å². The summed E-state index contributed by atoms with van der Waals surface area (Å²) in [4.78, 5) is 24.6. The Labute approximate surface area is 180 Å². The second-order valence-corrected chi connectivity index (χ2v) is 8.59. The van der Waals surface area contributed by atoms with E-state index in [4.69, 9.17) is 9.15 Å². The van der Waals surface area contributed by atoms with E-state index in [2.05, 4.69) is 34.0 Å². The van der Waals surface area contributed by atoms with E-state index < -0.39 is 0 Å². The van der Waals surface area contributed by atoms with Crippen LogP contribution in [-0.2, 0) is 22.5 Å². The summed E-state index contributed by atoms with van der Waals surface area (Å²) in [7, 11) is 0. The molecule has 0 aliphatic carbocycles. The number of aromatic nitrogens is 2. The summed E-state index contributed by atoms with van der Waals surface area (Å²) in [5.41, 5.74) is 1.62. The minimum absolute atomic E-state index is 0.0935. The summed E-state index contributed by atoms with van der Waals surface area (Å²) < 4.78 is 11.5. The molecule has 0 aromatic carbocycles. The SMILES string of the molecule is Cc1oc(-c2cccs2)nc1CC(=O)NCc1ccc(N2CC(C)OC(C)C2)nc1. The topological polar surface area (TPSA) is 80.5 Å². The maximum Gasteiger partial charge on any atom is 0.236 e. The summed E-state index contributed by atoms with van der Waals surface area (Å²) in [5.74, 6) is 2.08. The average Bonchev–Trinajstić information content (AvgIpc) is 3.36. The van der Waals surface area contributed by atoms with Crippen LogP contribution in [0.3, 0.4) is 0 Å². The van der Waals surface area contributed by atoms with Crippen molar-refractivity contribution in [3.05, 3.63) is 52.9 Å². The number of pyridine rings is 1. The number of hydrogen-bond acceptors (Lipinski definition) is 7.